The van der Waals surface area contributed by atoms with Gasteiger partial charge in [-0.3, -0.25) is 10.1 Å². The van der Waals surface area contributed by atoms with E-state index in [1.54, 1.807) is 0 Å². The Balaban J connectivity index is 3.13. The van der Waals surface area contributed by atoms with E-state index in [-0.39, 0.29) is 15.7 Å². The topological polar surface area (TPSA) is 69.2 Å². The highest BCUT2D eigenvalue weighted by atomic mass is 79.9. The van der Waals surface area contributed by atoms with E-state index in [9.17, 15) is 18.9 Å². The number of nitro groups is 1. The van der Waals surface area contributed by atoms with Crippen molar-refractivity contribution in [3.05, 3.63) is 38.3 Å². The van der Waals surface area contributed by atoms with E-state index >= 15 is 0 Å². The van der Waals surface area contributed by atoms with Gasteiger partial charge in [-0.05, 0) is 27.6 Å². The van der Waals surface area contributed by atoms with E-state index in [0.717, 1.165) is 6.07 Å². The lowest BCUT2D eigenvalue weighted by Gasteiger charge is -2.10. The Morgan fingerprint density at radius 3 is 2.53 bits per heavy atom. The zero-order valence-electron chi connectivity index (χ0n) is 7.36. The molecule has 1 rings (SSSR count). The van der Waals surface area contributed by atoms with Crippen LogP contribution in [0, 0.1) is 10.1 Å². The molecule has 0 amide bonds. The van der Waals surface area contributed by atoms with Crippen molar-refractivity contribution in [2.24, 2.45) is 5.73 Å². The first-order valence-electron chi connectivity index (χ1n) is 3.91. The summed E-state index contributed by atoms with van der Waals surface area (Å²) < 4.78 is 24.7. The summed E-state index contributed by atoms with van der Waals surface area (Å²) in [6, 6.07) is 2.20. The Labute approximate surface area is 92.4 Å². The molecule has 0 heterocycles. The quantitative estimate of drug-likeness (QED) is 0.684. The van der Waals surface area contributed by atoms with Crippen molar-refractivity contribution >= 4 is 21.6 Å². The maximum absolute atomic E-state index is 12.2. The fraction of sp³-hybridized carbons (Fsp3) is 0.250. The highest BCUT2D eigenvalue weighted by Crippen LogP contribution is 2.29. The van der Waals surface area contributed by atoms with Gasteiger partial charge in [-0.2, -0.15) is 0 Å². The molecule has 1 aromatic rings. The summed E-state index contributed by atoms with van der Waals surface area (Å²) in [6.45, 7) is 0. The summed E-state index contributed by atoms with van der Waals surface area (Å²) in [6.07, 6.45) is -2.74. The van der Waals surface area contributed by atoms with Gasteiger partial charge >= 0.3 is 0 Å². The van der Waals surface area contributed by atoms with Gasteiger partial charge in [0.15, 0.2) is 0 Å². The minimum absolute atomic E-state index is 0.0416. The number of alkyl halides is 2. The Morgan fingerprint density at radius 2 is 2.07 bits per heavy atom. The van der Waals surface area contributed by atoms with E-state index in [0.29, 0.717) is 0 Å². The number of hydrogen-bond acceptors (Lipinski definition) is 3. The van der Waals surface area contributed by atoms with Gasteiger partial charge in [0.25, 0.3) is 12.1 Å². The lowest BCUT2D eigenvalue weighted by molar-refractivity contribution is -0.385. The summed E-state index contributed by atoms with van der Waals surface area (Å²) in [5.41, 5.74) is 4.94. The number of nitro benzene ring substituents is 1. The third-order valence-electron chi connectivity index (χ3n) is 1.82. The number of nitrogens with zero attached hydrogens (tertiary/aromatic N) is 1. The second-order valence-electron chi connectivity index (χ2n) is 2.83. The predicted molar refractivity (Wildman–Crippen MR) is 53.7 cm³/mol. The van der Waals surface area contributed by atoms with Crippen molar-refractivity contribution in [2.45, 2.75) is 12.5 Å². The molecule has 15 heavy (non-hydrogen) atoms. The maximum atomic E-state index is 12.2. The molecule has 0 aliphatic carbocycles. The maximum Gasteiger partial charge on any atom is 0.283 e. The lowest BCUT2D eigenvalue weighted by atomic mass is 10.1. The number of benzene rings is 1. The van der Waals surface area contributed by atoms with Crippen molar-refractivity contribution in [3.63, 3.8) is 0 Å². The van der Waals surface area contributed by atoms with Gasteiger partial charge < -0.3 is 5.73 Å². The molecule has 1 atom stereocenters. The molecule has 0 bridgehead atoms. The normalized spacial score (nSPS) is 12.9. The van der Waals surface area contributed by atoms with Crippen molar-refractivity contribution < 1.29 is 13.7 Å². The molecule has 0 radical (unpaired) electrons. The van der Waals surface area contributed by atoms with Crippen LogP contribution in [0.15, 0.2) is 22.7 Å². The van der Waals surface area contributed by atoms with Crippen LogP contribution in [0.4, 0.5) is 14.5 Å². The van der Waals surface area contributed by atoms with Gasteiger partial charge in [0, 0.05) is 6.07 Å². The minimum Gasteiger partial charge on any atom is -0.319 e. The zero-order chi connectivity index (χ0) is 11.6. The van der Waals surface area contributed by atoms with Crippen LogP contribution in [0.5, 0.6) is 0 Å². The first-order chi connectivity index (χ1) is 6.93. The molecule has 2 N–H and O–H groups in total. The number of halogens is 3. The van der Waals surface area contributed by atoms with E-state index in [4.69, 9.17) is 5.73 Å². The second kappa shape index (κ2) is 4.63. The summed E-state index contributed by atoms with van der Waals surface area (Å²) in [4.78, 5) is 9.85. The van der Waals surface area contributed by atoms with Crippen molar-refractivity contribution in [1.82, 2.24) is 0 Å². The number of hydrogen-bond donors (Lipinski definition) is 1. The summed E-state index contributed by atoms with van der Waals surface area (Å²) in [5.74, 6) is 0. The lowest BCUT2D eigenvalue weighted by Crippen LogP contribution is -2.18. The minimum atomic E-state index is -2.74. The molecule has 4 nitrogen and oxygen atoms in total. The Hall–Kier alpha value is -1.08. The Bertz CT molecular complexity index is 387. The fourth-order valence-electron chi connectivity index (χ4n) is 1.02. The van der Waals surface area contributed by atoms with Crippen LogP contribution in [0.1, 0.15) is 11.6 Å². The van der Waals surface area contributed by atoms with Crippen molar-refractivity contribution in [1.29, 1.82) is 0 Å². The molecule has 0 saturated heterocycles. The number of nitrogens with two attached hydrogens (primary N) is 1. The van der Waals surface area contributed by atoms with Gasteiger partial charge in [0.1, 0.15) is 0 Å². The molecule has 0 aromatic heterocycles. The molecule has 0 aliphatic heterocycles. The average molecular weight is 281 g/mol. The summed E-state index contributed by atoms with van der Waals surface area (Å²) in [5, 5.41) is 10.5. The van der Waals surface area contributed by atoms with Crippen LogP contribution in [-0.4, -0.2) is 11.3 Å². The van der Waals surface area contributed by atoms with Crippen LogP contribution in [0.2, 0.25) is 0 Å². The van der Waals surface area contributed by atoms with Crippen LogP contribution in [0.3, 0.4) is 0 Å². The molecule has 0 spiro atoms. The van der Waals surface area contributed by atoms with Crippen LogP contribution >= 0.6 is 15.9 Å². The van der Waals surface area contributed by atoms with Crippen molar-refractivity contribution in [2.75, 3.05) is 0 Å². The summed E-state index contributed by atoms with van der Waals surface area (Å²) >= 11 is 2.95. The molecule has 0 unspecified atom stereocenters. The van der Waals surface area contributed by atoms with Crippen molar-refractivity contribution in [3.8, 4) is 0 Å². The van der Waals surface area contributed by atoms with Crippen LogP contribution in [-0.2, 0) is 0 Å². The third kappa shape index (κ3) is 2.69. The average Bonchev–Trinajstić information content (AvgIpc) is 2.16. The Morgan fingerprint density at radius 1 is 1.47 bits per heavy atom. The molecule has 7 heteroatoms. The first kappa shape index (κ1) is 12.0. The standard InChI is InChI=1S/C8H7BrF2N2O2/c9-5-2-1-4(7(12)8(10)11)3-6(5)13(14)15/h1-3,7-8H,12H2/t7-/m0/s1. The largest absolute Gasteiger partial charge is 0.319 e. The first-order valence-corrected chi connectivity index (χ1v) is 4.70. The predicted octanol–water partition coefficient (Wildman–Crippen LogP) is 2.62. The molecule has 1 aromatic carbocycles. The molecular weight excluding hydrogens is 274 g/mol. The molecule has 0 fully saturated rings. The molecular formula is C8H7BrF2N2O2. The number of rotatable bonds is 3. The smallest absolute Gasteiger partial charge is 0.283 e. The van der Waals surface area contributed by atoms with Crippen LogP contribution < -0.4 is 5.73 Å². The molecule has 82 valence electrons. The Kier molecular flexibility index (Phi) is 3.70. The van der Waals surface area contributed by atoms with Gasteiger partial charge in [0.2, 0.25) is 0 Å². The fourth-order valence-corrected chi connectivity index (χ4v) is 1.41. The van der Waals surface area contributed by atoms with E-state index in [2.05, 4.69) is 15.9 Å². The SMILES string of the molecule is N[C@@H](c1ccc(Br)c([N+](=O)[O-])c1)C(F)F. The summed E-state index contributed by atoms with van der Waals surface area (Å²) in [7, 11) is 0. The van der Waals surface area contributed by atoms with Gasteiger partial charge in [-0.15, -0.1) is 0 Å². The second-order valence-corrected chi connectivity index (χ2v) is 3.68. The highest BCUT2D eigenvalue weighted by molar-refractivity contribution is 9.10. The van der Waals surface area contributed by atoms with E-state index < -0.39 is 17.4 Å². The van der Waals surface area contributed by atoms with Crippen LogP contribution in [0.25, 0.3) is 0 Å². The molecule has 0 saturated carbocycles. The van der Waals surface area contributed by atoms with Gasteiger partial charge in [0.05, 0.1) is 15.4 Å². The highest BCUT2D eigenvalue weighted by Gasteiger charge is 2.21. The monoisotopic (exact) mass is 280 g/mol. The third-order valence-corrected chi connectivity index (χ3v) is 2.49. The van der Waals surface area contributed by atoms with Gasteiger partial charge in [-0.1, -0.05) is 6.07 Å². The zero-order valence-corrected chi connectivity index (χ0v) is 8.95. The van der Waals surface area contributed by atoms with Gasteiger partial charge in [-0.25, -0.2) is 8.78 Å². The van der Waals surface area contributed by atoms with E-state index in [1.165, 1.54) is 12.1 Å². The molecule has 0 aliphatic rings. The van der Waals surface area contributed by atoms with E-state index in [1.807, 2.05) is 0 Å².